The Morgan fingerprint density at radius 3 is 2.28 bits per heavy atom. The number of ether oxygens (including phenoxy) is 3. The third kappa shape index (κ3) is 7.23. The van der Waals surface area contributed by atoms with E-state index < -0.39 is 18.0 Å². The number of esters is 3. The number of quaternary nitrogens is 1. The fourth-order valence-corrected chi connectivity index (χ4v) is 2.41. The van der Waals surface area contributed by atoms with Gasteiger partial charge in [0.25, 0.3) is 0 Å². The van der Waals surface area contributed by atoms with Crippen LogP contribution in [0.25, 0.3) is 0 Å². The second kappa shape index (κ2) is 10.8. The van der Waals surface area contributed by atoms with Crippen LogP contribution < -0.4 is 10.5 Å². The van der Waals surface area contributed by atoms with E-state index in [0.29, 0.717) is 12.2 Å². The number of carbonyl (C=O) groups excluding carboxylic acids is 3. The summed E-state index contributed by atoms with van der Waals surface area (Å²) in [6.45, 7) is 3.72. The van der Waals surface area contributed by atoms with Gasteiger partial charge in [0, 0.05) is 12.0 Å². The Balaban J connectivity index is 1.83. The number of hydrogen-bond acceptors (Lipinski definition) is 6. The van der Waals surface area contributed by atoms with Crippen LogP contribution in [0.1, 0.15) is 17.5 Å². The van der Waals surface area contributed by atoms with Gasteiger partial charge in [0.05, 0.1) is 13.5 Å². The highest BCUT2D eigenvalue weighted by atomic mass is 16.5. The van der Waals surface area contributed by atoms with Gasteiger partial charge in [-0.2, -0.15) is 0 Å². The van der Waals surface area contributed by atoms with Gasteiger partial charge in [0.1, 0.15) is 12.4 Å². The average molecular weight is 398 g/mol. The molecule has 0 spiro atoms. The molecule has 0 aliphatic heterocycles. The van der Waals surface area contributed by atoms with Crippen LogP contribution in [0.5, 0.6) is 5.75 Å². The lowest BCUT2D eigenvalue weighted by atomic mass is 10.1. The summed E-state index contributed by atoms with van der Waals surface area (Å²) in [5.74, 6) is -1.36. The molecule has 7 heteroatoms. The van der Waals surface area contributed by atoms with Crippen LogP contribution in [-0.4, -0.2) is 31.1 Å². The van der Waals surface area contributed by atoms with Crippen molar-refractivity contribution >= 4 is 17.9 Å². The summed E-state index contributed by atoms with van der Waals surface area (Å²) in [5.41, 5.74) is 5.61. The number of benzene rings is 2. The summed E-state index contributed by atoms with van der Waals surface area (Å²) in [4.78, 5) is 35.2. The third-order valence-corrected chi connectivity index (χ3v) is 4.05. The maximum atomic E-state index is 12.1. The van der Waals surface area contributed by atoms with Gasteiger partial charge in [-0.15, -0.1) is 0 Å². The van der Waals surface area contributed by atoms with Gasteiger partial charge < -0.3 is 19.9 Å². The zero-order chi connectivity index (χ0) is 21.2. The maximum absolute atomic E-state index is 12.1. The van der Waals surface area contributed by atoms with Crippen LogP contribution in [0.3, 0.4) is 0 Å². The molecule has 2 aromatic rings. The molecule has 0 saturated heterocycles. The van der Waals surface area contributed by atoms with Crippen molar-refractivity contribution in [3.63, 3.8) is 0 Å². The summed E-state index contributed by atoms with van der Waals surface area (Å²) in [6.07, 6.45) is 0.151. The minimum Gasteiger partial charge on any atom is -0.469 e. The highest BCUT2D eigenvalue weighted by Crippen LogP contribution is 2.15. The second-order valence-electron chi connectivity index (χ2n) is 6.38. The van der Waals surface area contributed by atoms with Crippen molar-refractivity contribution < 1.29 is 34.3 Å². The molecule has 0 amide bonds. The Kier molecular flexibility index (Phi) is 8.12. The van der Waals surface area contributed by atoms with Crippen LogP contribution in [-0.2, 0) is 36.9 Å². The van der Waals surface area contributed by atoms with Crippen LogP contribution >= 0.6 is 0 Å². The first kappa shape index (κ1) is 21.8. The fourth-order valence-electron chi connectivity index (χ4n) is 2.41. The molecule has 0 heterocycles. The zero-order valence-corrected chi connectivity index (χ0v) is 16.3. The molecule has 0 radical (unpaired) electrons. The van der Waals surface area contributed by atoms with Crippen LogP contribution in [0.2, 0.25) is 0 Å². The lowest BCUT2D eigenvalue weighted by Crippen LogP contribution is -2.66. The Morgan fingerprint density at radius 1 is 1.00 bits per heavy atom. The predicted octanol–water partition coefficient (Wildman–Crippen LogP) is 1.61. The van der Waals surface area contributed by atoms with E-state index in [4.69, 9.17) is 9.47 Å². The van der Waals surface area contributed by atoms with Gasteiger partial charge in [-0.25, -0.2) is 9.59 Å². The minimum atomic E-state index is -0.706. The fraction of sp³-hybridized carbons (Fsp3) is 0.227. The summed E-state index contributed by atoms with van der Waals surface area (Å²) in [5, 5.41) is 0. The van der Waals surface area contributed by atoms with Gasteiger partial charge in [-0.1, -0.05) is 49.0 Å². The van der Waals surface area contributed by atoms with Crippen molar-refractivity contribution in [2.45, 2.75) is 25.5 Å². The summed E-state index contributed by atoms with van der Waals surface area (Å²) >= 11 is 0. The molecule has 1 atom stereocenters. The topological polar surface area (TPSA) is 107 Å². The van der Waals surface area contributed by atoms with E-state index in [1.54, 1.807) is 24.3 Å². The molecule has 152 valence electrons. The monoisotopic (exact) mass is 398 g/mol. The largest absolute Gasteiger partial charge is 0.469 e. The Labute approximate surface area is 169 Å². The Morgan fingerprint density at radius 2 is 1.66 bits per heavy atom. The molecule has 0 saturated carbocycles. The molecule has 7 nitrogen and oxygen atoms in total. The van der Waals surface area contributed by atoms with Gasteiger partial charge >= 0.3 is 17.9 Å². The molecule has 2 aromatic carbocycles. The first-order valence-corrected chi connectivity index (χ1v) is 8.98. The van der Waals surface area contributed by atoms with Crippen LogP contribution in [0.15, 0.2) is 66.7 Å². The van der Waals surface area contributed by atoms with E-state index in [1.165, 1.54) is 7.11 Å². The minimum absolute atomic E-state index is 0.0000831. The average Bonchev–Trinajstić information content (AvgIpc) is 2.73. The van der Waals surface area contributed by atoms with Crippen molar-refractivity contribution in [2.24, 2.45) is 0 Å². The molecule has 0 aliphatic carbocycles. The summed E-state index contributed by atoms with van der Waals surface area (Å²) in [6, 6.07) is 15.5. The quantitative estimate of drug-likeness (QED) is 0.391. The third-order valence-electron chi connectivity index (χ3n) is 4.05. The zero-order valence-electron chi connectivity index (χ0n) is 16.3. The molecule has 29 heavy (non-hydrogen) atoms. The van der Waals surface area contributed by atoms with E-state index in [9.17, 15) is 14.4 Å². The van der Waals surface area contributed by atoms with E-state index in [1.807, 2.05) is 30.3 Å². The molecular formula is C22H24NO6+. The van der Waals surface area contributed by atoms with Gasteiger partial charge in [-0.3, -0.25) is 4.79 Å². The molecule has 3 N–H and O–H groups in total. The number of rotatable bonds is 9. The lowest BCUT2D eigenvalue weighted by molar-refractivity contribution is -0.408. The Hall–Kier alpha value is -3.45. The SMILES string of the molecule is C=C(CC(=O)OC)C(=O)Oc1ccc(C[C@H]([NH3+])C(=O)OCc2ccccc2)cc1. The maximum Gasteiger partial charge on any atom is 0.365 e. The van der Waals surface area contributed by atoms with E-state index >= 15 is 0 Å². The molecule has 2 rings (SSSR count). The van der Waals surface area contributed by atoms with Gasteiger partial charge in [0.2, 0.25) is 0 Å². The summed E-state index contributed by atoms with van der Waals surface area (Å²) < 4.78 is 14.9. The normalized spacial score (nSPS) is 11.2. The van der Waals surface area contributed by atoms with Crippen molar-refractivity contribution in [3.8, 4) is 5.75 Å². The summed E-state index contributed by atoms with van der Waals surface area (Å²) in [7, 11) is 1.23. The lowest BCUT2D eigenvalue weighted by Gasteiger charge is -2.10. The van der Waals surface area contributed by atoms with Crippen molar-refractivity contribution in [3.05, 3.63) is 77.9 Å². The van der Waals surface area contributed by atoms with Gasteiger partial charge in [0.15, 0.2) is 6.04 Å². The van der Waals surface area contributed by atoms with E-state index in [0.717, 1.165) is 11.1 Å². The van der Waals surface area contributed by atoms with Crippen molar-refractivity contribution in [1.29, 1.82) is 0 Å². The van der Waals surface area contributed by atoms with Crippen molar-refractivity contribution in [1.82, 2.24) is 0 Å². The molecule has 0 fully saturated rings. The first-order chi connectivity index (χ1) is 13.9. The molecule has 0 aliphatic rings. The predicted molar refractivity (Wildman–Crippen MR) is 104 cm³/mol. The van der Waals surface area contributed by atoms with Crippen LogP contribution in [0, 0.1) is 0 Å². The molecule has 0 bridgehead atoms. The highest BCUT2D eigenvalue weighted by Gasteiger charge is 2.20. The first-order valence-electron chi connectivity index (χ1n) is 8.98. The molecule has 0 unspecified atom stereocenters. The standard InChI is InChI=1S/C22H23NO6/c1-15(12-20(24)27-2)21(25)29-18-10-8-16(9-11-18)13-19(23)22(26)28-14-17-6-4-3-5-7-17/h3-11,19H,1,12-14,23H2,2H3/p+1/t19-/m0/s1. The second-order valence-corrected chi connectivity index (χ2v) is 6.38. The molecular weight excluding hydrogens is 374 g/mol. The highest BCUT2D eigenvalue weighted by molar-refractivity contribution is 5.94. The Bertz CT molecular complexity index is 861. The van der Waals surface area contributed by atoms with E-state index in [2.05, 4.69) is 17.0 Å². The number of methoxy groups -OCH3 is 1. The molecule has 0 aromatic heterocycles. The van der Waals surface area contributed by atoms with Gasteiger partial charge in [-0.05, 0) is 23.3 Å². The smallest absolute Gasteiger partial charge is 0.365 e. The van der Waals surface area contributed by atoms with E-state index in [-0.39, 0.29) is 24.6 Å². The van der Waals surface area contributed by atoms with Crippen LogP contribution in [0.4, 0.5) is 0 Å². The number of carbonyl (C=O) groups is 3. The number of hydrogen-bond donors (Lipinski definition) is 1. The van der Waals surface area contributed by atoms with Crippen molar-refractivity contribution in [2.75, 3.05) is 7.11 Å².